The second kappa shape index (κ2) is 5.93. The van der Waals surface area contributed by atoms with E-state index in [-0.39, 0.29) is 5.56 Å². The number of fused-ring (bicyclic) bond motifs is 1. The predicted molar refractivity (Wildman–Crippen MR) is 91.4 cm³/mol. The van der Waals surface area contributed by atoms with Crippen LogP contribution in [0, 0.1) is 0 Å². The minimum absolute atomic E-state index is 0.124. The van der Waals surface area contributed by atoms with E-state index in [1.807, 2.05) is 24.3 Å². The minimum Gasteiger partial charge on any atom is -0.496 e. The van der Waals surface area contributed by atoms with Crippen LogP contribution in [0.5, 0.6) is 5.75 Å². The van der Waals surface area contributed by atoms with Crippen LogP contribution in [0.2, 0.25) is 0 Å². The van der Waals surface area contributed by atoms with E-state index in [1.165, 1.54) is 0 Å². The molecule has 3 aromatic rings. The summed E-state index contributed by atoms with van der Waals surface area (Å²) in [6.45, 7) is 2.06. The fourth-order valence-electron chi connectivity index (χ4n) is 2.65. The molecule has 112 valence electrons. The lowest BCUT2D eigenvalue weighted by Gasteiger charge is -2.14. The second-order valence-corrected chi connectivity index (χ2v) is 5.85. The van der Waals surface area contributed by atoms with E-state index in [0.29, 0.717) is 5.56 Å². The number of aryl methyl sites for hydroxylation is 1. The van der Waals surface area contributed by atoms with E-state index in [0.717, 1.165) is 38.7 Å². The van der Waals surface area contributed by atoms with Gasteiger partial charge in [-0.05, 0) is 52.2 Å². The molecule has 0 unspecified atom stereocenters. The Morgan fingerprint density at radius 3 is 2.82 bits per heavy atom. The van der Waals surface area contributed by atoms with Crippen molar-refractivity contribution >= 4 is 26.8 Å². The standard InChI is InChI=1S/C17H15BrN2O2/c1-3-10-7-13(12-5-4-6-19-17(12)21)15-14(16(10)22-2)8-11(18)9-20-15/h4-9H,3H2,1-2H3,(H,19,21). The maximum absolute atomic E-state index is 12.2. The Morgan fingerprint density at radius 2 is 2.14 bits per heavy atom. The van der Waals surface area contributed by atoms with E-state index in [1.54, 1.807) is 19.5 Å². The molecule has 0 spiro atoms. The van der Waals surface area contributed by atoms with Gasteiger partial charge in [0.15, 0.2) is 0 Å². The Kier molecular flexibility index (Phi) is 3.98. The quantitative estimate of drug-likeness (QED) is 0.771. The third-order valence-corrected chi connectivity index (χ3v) is 4.09. The maximum Gasteiger partial charge on any atom is 0.255 e. The second-order valence-electron chi connectivity index (χ2n) is 4.93. The first-order valence-corrected chi connectivity index (χ1v) is 7.78. The first kappa shape index (κ1) is 14.8. The predicted octanol–water partition coefficient (Wildman–Crippen LogP) is 3.92. The lowest BCUT2D eigenvalue weighted by Crippen LogP contribution is -2.08. The van der Waals surface area contributed by atoms with E-state index in [2.05, 4.69) is 32.8 Å². The highest BCUT2D eigenvalue weighted by molar-refractivity contribution is 9.10. The minimum atomic E-state index is -0.124. The highest BCUT2D eigenvalue weighted by Gasteiger charge is 2.16. The topological polar surface area (TPSA) is 55.0 Å². The molecule has 0 aliphatic rings. The molecule has 0 atom stereocenters. The lowest BCUT2D eigenvalue weighted by molar-refractivity contribution is 0.415. The summed E-state index contributed by atoms with van der Waals surface area (Å²) in [4.78, 5) is 19.4. The molecule has 0 saturated carbocycles. The third-order valence-electron chi connectivity index (χ3n) is 3.66. The SMILES string of the molecule is CCc1cc(-c2ccc[nH]c2=O)c2ncc(Br)cc2c1OC. The molecule has 1 N–H and O–H groups in total. The first-order chi connectivity index (χ1) is 10.7. The number of aromatic amines is 1. The summed E-state index contributed by atoms with van der Waals surface area (Å²) in [5.41, 5.74) is 3.12. The van der Waals surface area contributed by atoms with Gasteiger partial charge < -0.3 is 9.72 Å². The molecule has 0 saturated heterocycles. The molecule has 0 amide bonds. The Labute approximate surface area is 136 Å². The number of pyridine rings is 2. The summed E-state index contributed by atoms with van der Waals surface area (Å²) >= 11 is 3.45. The van der Waals surface area contributed by atoms with Crippen LogP contribution in [0.1, 0.15) is 12.5 Å². The number of hydrogen-bond acceptors (Lipinski definition) is 3. The molecular formula is C17H15BrN2O2. The Hall–Kier alpha value is -2.14. The zero-order chi connectivity index (χ0) is 15.7. The van der Waals surface area contributed by atoms with Gasteiger partial charge in [-0.15, -0.1) is 0 Å². The van der Waals surface area contributed by atoms with Crippen LogP contribution in [0.3, 0.4) is 0 Å². The molecule has 22 heavy (non-hydrogen) atoms. The number of nitrogens with one attached hydrogen (secondary N) is 1. The zero-order valence-corrected chi connectivity index (χ0v) is 13.9. The number of aromatic nitrogens is 2. The molecule has 2 aromatic heterocycles. The molecule has 2 heterocycles. The van der Waals surface area contributed by atoms with Gasteiger partial charge in [-0.25, -0.2) is 0 Å². The average molecular weight is 359 g/mol. The van der Waals surface area contributed by atoms with Crippen molar-refractivity contribution in [2.45, 2.75) is 13.3 Å². The van der Waals surface area contributed by atoms with Crippen molar-refractivity contribution in [2.75, 3.05) is 7.11 Å². The van der Waals surface area contributed by atoms with Crippen LogP contribution in [0.4, 0.5) is 0 Å². The van der Waals surface area contributed by atoms with Crippen LogP contribution in [0.25, 0.3) is 22.0 Å². The van der Waals surface area contributed by atoms with Gasteiger partial charge in [0.25, 0.3) is 5.56 Å². The summed E-state index contributed by atoms with van der Waals surface area (Å²) in [5.74, 6) is 0.808. The number of rotatable bonds is 3. The summed E-state index contributed by atoms with van der Waals surface area (Å²) < 4.78 is 6.45. The summed E-state index contributed by atoms with van der Waals surface area (Å²) in [6, 6.07) is 7.59. The highest BCUT2D eigenvalue weighted by atomic mass is 79.9. The van der Waals surface area contributed by atoms with Crippen molar-refractivity contribution in [1.29, 1.82) is 0 Å². The molecule has 0 bridgehead atoms. The van der Waals surface area contributed by atoms with Crippen LogP contribution in [-0.4, -0.2) is 17.1 Å². The van der Waals surface area contributed by atoms with E-state index < -0.39 is 0 Å². The molecule has 4 nitrogen and oxygen atoms in total. The monoisotopic (exact) mass is 358 g/mol. The number of halogens is 1. The van der Waals surface area contributed by atoms with Gasteiger partial charge in [0.05, 0.1) is 12.6 Å². The lowest BCUT2D eigenvalue weighted by atomic mass is 9.97. The van der Waals surface area contributed by atoms with E-state index in [9.17, 15) is 4.79 Å². The molecular weight excluding hydrogens is 344 g/mol. The van der Waals surface area contributed by atoms with Gasteiger partial charge >= 0.3 is 0 Å². The average Bonchev–Trinajstić information content (AvgIpc) is 2.53. The van der Waals surface area contributed by atoms with Gasteiger partial charge in [-0.2, -0.15) is 0 Å². The van der Waals surface area contributed by atoms with E-state index in [4.69, 9.17) is 4.74 Å². The van der Waals surface area contributed by atoms with Gasteiger partial charge in [-0.1, -0.05) is 6.92 Å². The number of benzene rings is 1. The molecule has 3 rings (SSSR count). The van der Waals surface area contributed by atoms with Crippen molar-refractivity contribution in [2.24, 2.45) is 0 Å². The molecule has 0 radical (unpaired) electrons. The Morgan fingerprint density at radius 1 is 1.32 bits per heavy atom. The van der Waals surface area contributed by atoms with Crippen molar-refractivity contribution in [3.8, 4) is 16.9 Å². The van der Waals surface area contributed by atoms with Crippen molar-refractivity contribution in [3.05, 3.63) is 57.0 Å². The van der Waals surface area contributed by atoms with Crippen LogP contribution >= 0.6 is 15.9 Å². The van der Waals surface area contributed by atoms with Crippen molar-refractivity contribution < 1.29 is 4.74 Å². The molecule has 0 fully saturated rings. The van der Waals surface area contributed by atoms with Gasteiger partial charge in [0.2, 0.25) is 0 Å². The molecule has 0 aliphatic carbocycles. The van der Waals surface area contributed by atoms with Gasteiger partial charge in [-0.3, -0.25) is 9.78 Å². The zero-order valence-electron chi connectivity index (χ0n) is 12.3. The highest BCUT2D eigenvalue weighted by Crippen LogP contribution is 2.36. The summed E-state index contributed by atoms with van der Waals surface area (Å²) in [7, 11) is 1.66. The van der Waals surface area contributed by atoms with Crippen LogP contribution in [0.15, 0.2) is 45.9 Å². The van der Waals surface area contributed by atoms with Crippen molar-refractivity contribution in [3.63, 3.8) is 0 Å². The first-order valence-electron chi connectivity index (χ1n) is 6.99. The number of H-pyrrole nitrogens is 1. The Bertz CT molecular complexity index is 903. The fourth-order valence-corrected chi connectivity index (χ4v) is 2.98. The number of methoxy groups -OCH3 is 1. The largest absolute Gasteiger partial charge is 0.496 e. The van der Waals surface area contributed by atoms with Crippen LogP contribution < -0.4 is 10.3 Å². The van der Waals surface area contributed by atoms with Crippen LogP contribution in [-0.2, 0) is 6.42 Å². The third kappa shape index (κ3) is 2.41. The Balaban J connectivity index is 2.46. The summed E-state index contributed by atoms with van der Waals surface area (Å²) in [6.07, 6.45) is 4.17. The fraction of sp³-hybridized carbons (Fsp3) is 0.176. The molecule has 0 aliphatic heterocycles. The molecule has 1 aromatic carbocycles. The van der Waals surface area contributed by atoms with E-state index >= 15 is 0 Å². The van der Waals surface area contributed by atoms with Gasteiger partial charge in [0, 0.05) is 33.4 Å². The number of ether oxygens (including phenoxy) is 1. The summed E-state index contributed by atoms with van der Waals surface area (Å²) in [5, 5.41) is 0.898. The van der Waals surface area contributed by atoms with Gasteiger partial charge in [0.1, 0.15) is 5.75 Å². The maximum atomic E-state index is 12.2. The molecule has 5 heteroatoms. The van der Waals surface area contributed by atoms with Crippen molar-refractivity contribution in [1.82, 2.24) is 9.97 Å². The smallest absolute Gasteiger partial charge is 0.255 e. The normalized spacial score (nSPS) is 10.9. The number of nitrogens with zero attached hydrogens (tertiary/aromatic N) is 1. The number of hydrogen-bond donors (Lipinski definition) is 1.